The summed E-state index contributed by atoms with van der Waals surface area (Å²) in [6, 6.07) is 39.7. The average Bonchev–Trinajstić information content (AvgIpc) is 3.25. The highest BCUT2D eigenvalue weighted by Crippen LogP contribution is 2.41. The molecule has 0 radical (unpaired) electrons. The summed E-state index contributed by atoms with van der Waals surface area (Å²) < 4.78 is 66.7. The van der Waals surface area contributed by atoms with Crippen LogP contribution >= 0.6 is 0 Å². The number of amides is 2. The maximum atomic E-state index is 14.2. The van der Waals surface area contributed by atoms with E-state index in [0.29, 0.717) is 61.3 Å². The van der Waals surface area contributed by atoms with E-state index in [1.54, 1.807) is 54.6 Å². The Morgan fingerprint density at radius 3 is 1.47 bits per heavy atom. The molecule has 0 bridgehead atoms. The van der Waals surface area contributed by atoms with Gasteiger partial charge < -0.3 is 14.6 Å². The number of cyclic esters (lactones) is 2. The van der Waals surface area contributed by atoms with E-state index < -0.39 is 46.7 Å². The van der Waals surface area contributed by atoms with E-state index in [1.807, 2.05) is 60.7 Å². The highest BCUT2D eigenvalue weighted by Gasteiger charge is 2.43. The second-order valence-electron chi connectivity index (χ2n) is 14.6. The number of carbonyl (C=O) groups is 2. The van der Waals surface area contributed by atoms with Crippen molar-refractivity contribution in [1.82, 2.24) is 0 Å². The van der Waals surface area contributed by atoms with Gasteiger partial charge in [0.15, 0.2) is 0 Å². The predicted octanol–water partition coefficient (Wildman–Crippen LogP) is 11.7. The van der Waals surface area contributed by atoms with E-state index in [1.165, 1.54) is 34.1 Å². The van der Waals surface area contributed by atoms with Crippen LogP contribution in [0.3, 0.4) is 0 Å². The molecule has 306 valence electrons. The monoisotopic (exact) mass is 814 g/mol. The van der Waals surface area contributed by atoms with E-state index in [2.05, 4.69) is 6.58 Å². The molecule has 2 heterocycles. The zero-order valence-corrected chi connectivity index (χ0v) is 32.6. The minimum atomic E-state index is -0.885. The Kier molecular flexibility index (Phi) is 12.5. The Hall–Kier alpha value is -6.72. The number of hydrogen-bond acceptors (Lipinski definition) is 5. The Bertz CT molecular complexity index is 2490. The first kappa shape index (κ1) is 41.4. The standard InChI is InChI=1S/C25H21F2NO2.C24H21F2NO3/c1-2-13-25(19-8-4-3-5-9-19)14-15-28(24(29)30-25)21-10-6-7-18(16-21)22-12-11-20(26)17-23(22)27;25-19-9-10-21(22(26)16-19)17-5-4-8-20(15-17)27-13-11-24(12-14-28,30-23(27)29)18-6-2-1-3-7-18/h2-12,16-17H,1,13-15H2;1-10,15-16,28H,11-14H2. The summed E-state index contributed by atoms with van der Waals surface area (Å²) in [4.78, 5) is 28.9. The third-order valence-electron chi connectivity index (χ3n) is 10.9. The van der Waals surface area contributed by atoms with Crippen molar-refractivity contribution in [2.45, 2.75) is 36.9 Å². The summed E-state index contributed by atoms with van der Waals surface area (Å²) in [5.41, 5.74) is 2.91. The first-order valence-corrected chi connectivity index (χ1v) is 19.5. The van der Waals surface area contributed by atoms with Crippen molar-refractivity contribution in [1.29, 1.82) is 0 Å². The molecule has 6 aromatic carbocycles. The van der Waals surface area contributed by atoms with Crippen LogP contribution in [0.15, 0.2) is 158 Å². The molecule has 8 rings (SSSR count). The first-order valence-electron chi connectivity index (χ1n) is 19.5. The van der Waals surface area contributed by atoms with Crippen LogP contribution in [0, 0.1) is 23.3 Å². The molecule has 60 heavy (non-hydrogen) atoms. The fraction of sp³-hybridized carbons (Fsp3) is 0.184. The van der Waals surface area contributed by atoms with Crippen molar-refractivity contribution in [3.8, 4) is 22.3 Å². The molecule has 2 atom stereocenters. The van der Waals surface area contributed by atoms with Crippen molar-refractivity contribution >= 4 is 23.6 Å². The van der Waals surface area contributed by atoms with E-state index in [9.17, 15) is 32.3 Å². The number of halogens is 4. The lowest BCUT2D eigenvalue weighted by Crippen LogP contribution is -2.48. The van der Waals surface area contributed by atoms with Gasteiger partial charge in [-0.2, -0.15) is 0 Å². The molecule has 2 saturated heterocycles. The summed E-state index contributed by atoms with van der Waals surface area (Å²) in [7, 11) is 0. The summed E-state index contributed by atoms with van der Waals surface area (Å²) in [6.07, 6.45) is 2.66. The lowest BCUT2D eigenvalue weighted by atomic mass is 9.86. The third-order valence-corrected chi connectivity index (χ3v) is 10.9. The number of benzene rings is 6. The zero-order valence-electron chi connectivity index (χ0n) is 32.6. The van der Waals surface area contributed by atoms with Crippen LogP contribution in [-0.2, 0) is 20.7 Å². The van der Waals surface area contributed by atoms with Gasteiger partial charge in [-0.05, 0) is 70.8 Å². The van der Waals surface area contributed by atoms with Gasteiger partial charge in [0.2, 0.25) is 0 Å². The lowest BCUT2D eigenvalue weighted by molar-refractivity contribution is -0.0257. The second-order valence-corrected chi connectivity index (χ2v) is 14.6. The number of carbonyl (C=O) groups excluding carboxylic acids is 2. The highest BCUT2D eigenvalue weighted by atomic mass is 19.1. The van der Waals surface area contributed by atoms with Crippen LogP contribution < -0.4 is 9.80 Å². The molecular formula is C49H42F4N2O5. The number of ether oxygens (including phenoxy) is 2. The van der Waals surface area contributed by atoms with Crippen molar-refractivity contribution in [3.63, 3.8) is 0 Å². The molecule has 2 unspecified atom stereocenters. The predicted molar refractivity (Wildman–Crippen MR) is 223 cm³/mol. The summed E-state index contributed by atoms with van der Waals surface area (Å²) in [5.74, 6) is -2.60. The SMILES string of the molecule is C=CCC1(c2ccccc2)CCN(c2cccc(-c3ccc(F)cc3F)c2)C(=O)O1.O=C1OC(CCO)(c2ccccc2)CCN1c1cccc(-c2ccc(F)cc2F)c1. The maximum absolute atomic E-state index is 14.2. The van der Waals surface area contributed by atoms with Crippen molar-refractivity contribution in [2.75, 3.05) is 29.5 Å². The summed E-state index contributed by atoms with van der Waals surface area (Å²) >= 11 is 0. The number of anilines is 2. The lowest BCUT2D eigenvalue weighted by Gasteiger charge is -2.41. The molecule has 0 spiro atoms. The van der Waals surface area contributed by atoms with Crippen molar-refractivity contribution in [2.24, 2.45) is 0 Å². The maximum Gasteiger partial charge on any atom is 0.415 e. The minimum absolute atomic E-state index is 0.110. The van der Waals surface area contributed by atoms with Gasteiger partial charge in [-0.1, -0.05) is 91.0 Å². The van der Waals surface area contributed by atoms with Gasteiger partial charge in [0.05, 0.1) is 0 Å². The molecule has 2 aliphatic rings. The average molecular weight is 815 g/mol. The van der Waals surface area contributed by atoms with E-state index in [0.717, 1.165) is 23.3 Å². The quantitative estimate of drug-likeness (QED) is 0.110. The number of rotatable bonds is 10. The van der Waals surface area contributed by atoms with Crippen LogP contribution in [0.25, 0.3) is 22.3 Å². The van der Waals surface area contributed by atoms with E-state index in [4.69, 9.17) is 9.47 Å². The fourth-order valence-corrected chi connectivity index (χ4v) is 7.80. The Labute approximate surface area is 345 Å². The molecule has 6 aromatic rings. The van der Waals surface area contributed by atoms with Crippen LogP contribution in [0.4, 0.5) is 38.5 Å². The summed E-state index contributed by atoms with van der Waals surface area (Å²) in [6.45, 7) is 4.53. The van der Waals surface area contributed by atoms with Crippen LogP contribution in [-0.4, -0.2) is 37.0 Å². The topological polar surface area (TPSA) is 79.3 Å². The fourth-order valence-electron chi connectivity index (χ4n) is 7.80. The number of hydrogen-bond donors (Lipinski definition) is 1. The number of nitrogens with zero attached hydrogens (tertiary/aromatic N) is 2. The van der Waals surface area contributed by atoms with Gasteiger partial charge in [0.1, 0.15) is 34.5 Å². The molecule has 11 heteroatoms. The number of aliphatic hydroxyl groups excluding tert-OH is 1. The molecule has 1 N–H and O–H groups in total. The third kappa shape index (κ3) is 8.81. The Morgan fingerprint density at radius 1 is 0.583 bits per heavy atom. The first-order chi connectivity index (χ1) is 29.0. The van der Waals surface area contributed by atoms with E-state index >= 15 is 0 Å². The molecule has 0 aliphatic carbocycles. The van der Waals surface area contributed by atoms with Gasteiger partial charge in [-0.3, -0.25) is 9.80 Å². The smallest absolute Gasteiger partial charge is 0.415 e. The molecule has 0 aromatic heterocycles. The van der Waals surface area contributed by atoms with Crippen LogP contribution in [0.5, 0.6) is 0 Å². The van der Waals surface area contributed by atoms with Gasteiger partial charge >= 0.3 is 12.2 Å². The number of aliphatic hydroxyl groups is 1. The molecule has 2 amide bonds. The molecule has 7 nitrogen and oxygen atoms in total. The van der Waals surface area contributed by atoms with Gasteiger partial charge in [-0.15, -0.1) is 6.58 Å². The van der Waals surface area contributed by atoms with Crippen molar-refractivity contribution < 1.29 is 41.7 Å². The molecule has 0 saturated carbocycles. The summed E-state index contributed by atoms with van der Waals surface area (Å²) in [5, 5.41) is 9.56. The van der Waals surface area contributed by atoms with Crippen LogP contribution in [0.1, 0.15) is 36.8 Å². The zero-order chi connectivity index (χ0) is 42.3. The van der Waals surface area contributed by atoms with Gasteiger partial charge in [-0.25, -0.2) is 27.2 Å². The Morgan fingerprint density at radius 2 is 1.03 bits per heavy atom. The van der Waals surface area contributed by atoms with E-state index in [-0.39, 0.29) is 17.7 Å². The highest BCUT2D eigenvalue weighted by molar-refractivity contribution is 5.91. The Balaban J connectivity index is 0.000000181. The second kappa shape index (κ2) is 18.0. The molecule has 2 aliphatic heterocycles. The van der Waals surface area contributed by atoms with Crippen molar-refractivity contribution in [3.05, 3.63) is 193 Å². The van der Waals surface area contributed by atoms with Gasteiger partial charge in [0.25, 0.3) is 0 Å². The minimum Gasteiger partial charge on any atom is -0.437 e. The molecule has 2 fully saturated rings. The largest absolute Gasteiger partial charge is 0.437 e. The normalized spacial score (nSPS) is 18.8. The van der Waals surface area contributed by atoms with Crippen LogP contribution in [0.2, 0.25) is 0 Å². The van der Waals surface area contributed by atoms with Gasteiger partial charge in [0, 0.05) is 80.0 Å². The molecular weight excluding hydrogens is 773 g/mol.